The van der Waals surface area contributed by atoms with Crippen LogP contribution in [-0.4, -0.2) is 88.8 Å². The molecule has 17 heteroatoms. The SMILES string of the molecule is O=C(O)CN(CC(=O)O)c1ccccc1OCCOc1cc(-c2c3cc(-c4cc5ccccc5s4)c(=O)cc-3oc3cc(O)c(-c4cc5ccccc5s4)cc23)ccc1N(CC(=O)O)CC(=O)O. The number of hydrogen-bond acceptors (Lipinski definition) is 13. The predicted molar refractivity (Wildman–Crippen MR) is 260 cm³/mol. The van der Waals surface area contributed by atoms with Crippen LogP contribution in [0.5, 0.6) is 17.2 Å². The quantitative estimate of drug-likeness (QED) is 0.0399. The van der Waals surface area contributed by atoms with E-state index in [1.807, 2.05) is 66.7 Å². The van der Waals surface area contributed by atoms with Gasteiger partial charge in [-0.3, -0.25) is 24.0 Å². The van der Waals surface area contributed by atoms with E-state index < -0.39 is 50.1 Å². The average molecular weight is 951 g/mol. The molecule has 3 heterocycles. The number of carboxylic acids is 4. The number of benzene rings is 6. The lowest BCUT2D eigenvalue weighted by atomic mass is 9.91. The van der Waals surface area contributed by atoms with Crippen molar-refractivity contribution in [1.82, 2.24) is 0 Å². The van der Waals surface area contributed by atoms with E-state index in [9.17, 15) is 49.5 Å². The van der Waals surface area contributed by atoms with Crippen LogP contribution < -0.4 is 24.7 Å². The van der Waals surface area contributed by atoms with Gasteiger partial charge in [-0.05, 0) is 77.0 Å². The van der Waals surface area contributed by atoms with E-state index in [-0.39, 0.29) is 58.6 Å². The highest BCUT2D eigenvalue weighted by molar-refractivity contribution is 7.22. The van der Waals surface area contributed by atoms with Crippen LogP contribution in [0.25, 0.3) is 74.5 Å². The lowest BCUT2D eigenvalue weighted by Gasteiger charge is -2.25. The summed E-state index contributed by atoms with van der Waals surface area (Å²) in [5.41, 5.74) is 2.81. The van der Waals surface area contributed by atoms with Crippen molar-refractivity contribution in [2.45, 2.75) is 0 Å². The van der Waals surface area contributed by atoms with E-state index in [0.29, 0.717) is 33.2 Å². The highest BCUT2D eigenvalue weighted by Crippen LogP contribution is 2.48. The van der Waals surface area contributed by atoms with Crippen LogP contribution in [0.3, 0.4) is 0 Å². The van der Waals surface area contributed by atoms with Gasteiger partial charge in [0.2, 0.25) is 0 Å². The Morgan fingerprint density at radius 1 is 0.544 bits per heavy atom. The number of nitrogens with zero attached hydrogens (tertiary/aromatic N) is 2. The first-order valence-electron chi connectivity index (χ1n) is 20.9. The Balaban J connectivity index is 1.20. The van der Waals surface area contributed by atoms with Crippen LogP contribution in [0.1, 0.15) is 0 Å². The number of thiophene rings is 2. The second-order valence-corrected chi connectivity index (χ2v) is 17.8. The molecular weight excluding hydrogens is 913 g/mol. The van der Waals surface area contributed by atoms with Crippen LogP contribution in [0, 0.1) is 0 Å². The zero-order chi connectivity index (χ0) is 47.6. The number of phenolic OH excluding ortho intramolecular Hbond substituents is 1. The average Bonchev–Trinajstić information content (AvgIpc) is 3.93. The molecule has 0 amide bonds. The smallest absolute Gasteiger partial charge is 0.323 e. The maximum absolute atomic E-state index is 13.9. The minimum atomic E-state index is -1.30. The van der Waals surface area contributed by atoms with Crippen molar-refractivity contribution in [3.63, 3.8) is 0 Å². The maximum atomic E-state index is 13.9. The topological polar surface area (TPSA) is 225 Å². The van der Waals surface area contributed by atoms with Crippen LogP contribution >= 0.6 is 22.7 Å². The van der Waals surface area contributed by atoms with Crippen molar-refractivity contribution in [3.8, 4) is 60.6 Å². The first-order valence-corrected chi connectivity index (χ1v) is 22.5. The summed E-state index contributed by atoms with van der Waals surface area (Å²) in [5.74, 6) is -4.72. The van der Waals surface area contributed by atoms with Gasteiger partial charge in [-0.2, -0.15) is 0 Å². The van der Waals surface area contributed by atoms with Gasteiger partial charge in [-0.25, -0.2) is 0 Å². The summed E-state index contributed by atoms with van der Waals surface area (Å²) in [5, 5.41) is 52.8. The number of fused-ring (bicyclic) bond motifs is 4. The zero-order valence-electron chi connectivity index (χ0n) is 35.6. The molecule has 68 heavy (non-hydrogen) atoms. The highest BCUT2D eigenvalue weighted by Gasteiger charge is 2.26. The Labute approximate surface area is 393 Å². The molecule has 342 valence electrons. The number of hydrogen-bond donors (Lipinski definition) is 5. The first kappa shape index (κ1) is 44.8. The molecule has 9 rings (SSSR count). The number of rotatable bonds is 18. The summed E-state index contributed by atoms with van der Waals surface area (Å²) in [4.78, 5) is 65.3. The van der Waals surface area contributed by atoms with Crippen LogP contribution in [-0.2, 0) is 19.2 Å². The Morgan fingerprint density at radius 3 is 1.66 bits per heavy atom. The normalized spacial score (nSPS) is 11.3. The van der Waals surface area contributed by atoms with Gasteiger partial charge in [-0.15, -0.1) is 22.7 Å². The van der Waals surface area contributed by atoms with E-state index in [2.05, 4.69) is 0 Å². The van der Waals surface area contributed by atoms with Crippen molar-refractivity contribution in [3.05, 3.63) is 138 Å². The van der Waals surface area contributed by atoms with E-state index in [1.165, 1.54) is 40.9 Å². The van der Waals surface area contributed by atoms with Gasteiger partial charge in [0.15, 0.2) is 5.43 Å². The third-order valence-corrected chi connectivity index (χ3v) is 13.3. The Bertz CT molecular complexity index is 3370. The van der Waals surface area contributed by atoms with Crippen molar-refractivity contribution < 1.29 is 58.6 Å². The van der Waals surface area contributed by atoms with Gasteiger partial charge in [0.05, 0.1) is 11.4 Å². The van der Waals surface area contributed by atoms with Crippen LogP contribution in [0.2, 0.25) is 0 Å². The van der Waals surface area contributed by atoms with Crippen LogP contribution in [0.15, 0.2) is 137 Å². The molecule has 5 N–H and O–H groups in total. The van der Waals surface area contributed by atoms with Gasteiger partial charge in [0.25, 0.3) is 0 Å². The molecule has 0 saturated heterocycles. The summed E-state index contributed by atoms with van der Waals surface area (Å²) >= 11 is 2.96. The summed E-state index contributed by atoms with van der Waals surface area (Å²) in [6.07, 6.45) is 0. The van der Waals surface area contributed by atoms with E-state index in [4.69, 9.17) is 13.9 Å². The largest absolute Gasteiger partial charge is 0.507 e. The number of carbonyl (C=O) groups is 4. The van der Waals surface area contributed by atoms with Crippen LogP contribution in [0.4, 0.5) is 11.4 Å². The number of aromatic hydroxyl groups is 1. The predicted octanol–water partition coefficient (Wildman–Crippen LogP) is 9.44. The van der Waals surface area contributed by atoms with E-state index in [1.54, 1.807) is 42.5 Å². The number of carboxylic acid groups (broad SMARTS) is 4. The molecule has 15 nitrogen and oxygen atoms in total. The summed E-state index contributed by atoms with van der Waals surface area (Å²) in [6.45, 7) is -3.02. The van der Waals surface area contributed by atoms with Gasteiger partial charge in [0.1, 0.15) is 68.0 Å². The third kappa shape index (κ3) is 9.33. The first-order chi connectivity index (χ1) is 32.8. The minimum absolute atomic E-state index is 0.0599. The molecular formula is C51H38N2O13S2. The molecule has 1 aliphatic carbocycles. The monoisotopic (exact) mass is 950 g/mol. The Hall–Kier alpha value is -8.41. The molecule has 0 bridgehead atoms. The molecule has 0 spiro atoms. The number of aliphatic carboxylic acids is 4. The molecule has 1 aliphatic heterocycles. The zero-order valence-corrected chi connectivity index (χ0v) is 37.2. The molecule has 0 radical (unpaired) electrons. The molecule has 0 atom stereocenters. The van der Waals surface area contributed by atoms with E-state index >= 15 is 0 Å². The lowest BCUT2D eigenvalue weighted by molar-refractivity contribution is -0.138. The molecule has 5 aromatic carbocycles. The molecule has 0 unspecified atom stereocenters. The fraction of sp³-hybridized carbons (Fsp3) is 0.118. The number of anilines is 2. The molecule has 7 aromatic rings. The number of phenols is 1. The minimum Gasteiger partial charge on any atom is -0.507 e. The lowest BCUT2D eigenvalue weighted by Crippen LogP contribution is -2.35. The van der Waals surface area contributed by atoms with Crippen molar-refractivity contribution >= 4 is 89.1 Å². The second-order valence-electron chi connectivity index (χ2n) is 15.6. The summed E-state index contributed by atoms with van der Waals surface area (Å²) < 4.78 is 20.8. The van der Waals surface area contributed by atoms with Gasteiger partial charge >= 0.3 is 23.9 Å². The van der Waals surface area contributed by atoms with Crippen molar-refractivity contribution in [2.24, 2.45) is 0 Å². The molecule has 0 fully saturated rings. The van der Waals surface area contributed by atoms with Crippen molar-refractivity contribution in [2.75, 3.05) is 49.2 Å². The Morgan fingerprint density at radius 2 is 1.07 bits per heavy atom. The fourth-order valence-electron chi connectivity index (χ4n) is 8.18. The summed E-state index contributed by atoms with van der Waals surface area (Å²) in [6, 6.07) is 37.2. The summed E-state index contributed by atoms with van der Waals surface area (Å²) in [7, 11) is 0. The number of para-hydroxylation sites is 2. The van der Waals surface area contributed by atoms with Gasteiger partial charge in [-0.1, -0.05) is 54.6 Å². The molecule has 2 aliphatic rings. The van der Waals surface area contributed by atoms with Gasteiger partial charge in [0, 0.05) is 58.9 Å². The standard InChI is InChI=1S/C51H38N2O13S2/c54-37-22-40-33(20-31(37)45-18-28-7-1-5-11-43(28)67-45)51(34-21-32(38(55)23-41(34)66-40)46-19-29-8-2-6-12-44(29)68-46)30-13-14-36(53(26-49(60)61)27-50(62)63)42(17-30)65-16-15-64-39-10-4-3-9-35(39)52(24-47(56)57)25-48(58)59/h1-14,17-23,54H,15-16,24-27H2,(H,56,57)(H,58,59)(H,60,61)(H,62,63). The highest BCUT2D eigenvalue weighted by atomic mass is 32.1. The second kappa shape index (κ2) is 18.8. The number of ether oxygens (including phenoxy) is 2. The Kier molecular flexibility index (Phi) is 12.4. The maximum Gasteiger partial charge on any atom is 0.323 e. The molecule has 0 saturated carbocycles. The van der Waals surface area contributed by atoms with E-state index in [0.717, 1.165) is 39.7 Å². The fourth-order valence-corrected chi connectivity index (χ4v) is 10.4. The van der Waals surface area contributed by atoms with Gasteiger partial charge < -0.3 is 49.2 Å². The van der Waals surface area contributed by atoms with Crippen molar-refractivity contribution in [1.29, 1.82) is 0 Å². The third-order valence-electron chi connectivity index (χ3n) is 11.0. The molecule has 2 aromatic heterocycles.